The van der Waals surface area contributed by atoms with Gasteiger partial charge in [0.2, 0.25) is 0 Å². The number of rotatable bonds is 3. The number of para-hydroxylation sites is 1. The molecule has 0 amide bonds. The fourth-order valence-corrected chi connectivity index (χ4v) is 2.58. The Labute approximate surface area is 129 Å². The first-order chi connectivity index (χ1) is 10.7. The van der Waals surface area contributed by atoms with E-state index >= 15 is 0 Å². The SMILES string of the molecule is COC(=O)c1ccccc1/C=C\c1cc2ccccc2n1C. The molecule has 0 spiro atoms. The predicted molar refractivity (Wildman–Crippen MR) is 89.6 cm³/mol. The molecule has 0 saturated heterocycles. The van der Waals surface area contributed by atoms with Crippen LogP contribution >= 0.6 is 0 Å². The number of carbonyl (C=O) groups is 1. The smallest absolute Gasteiger partial charge is 0.338 e. The van der Waals surface area contributed by atoms with E-state index < -0.39 is 0 Å². The number of aromatic nitrogens is 1. The Balaban J connectivity index is 2.00. The van der Waals surface area contributed by atoms with Crippen LogP contribution in [0.2, 0.25) is 0 Å². The van der Waals surface area contributed by atoms with E-state index in [2.05, 4.69) is 22.8 Å². The van der Waals surface area contributed by atoms with Gasteiger partial charge in [-0.05, 0) is 29.8 Å². The topological polar surface area (TPSA) is 31.2 Å². The van der Waals surface area contributed by atoms with E-state index in [1.54, 1.807) is 6.07 Å². The van der Waals surface area contributed by atoms with Crippen molar-refractivity contribution >= 4 is 29.0 Å². The lowest BCUT2D eigenvalue weighted by Crippen LogP contribution is -2.03. The van der Waals surface area contributed by atoms with Crippen LogP contribution in [0, 0.1) is 0 Å². The maximum atomic E-state index is 11.8. The van der Waals surface area contributed by atoms with Gasteiger partial charge in [-0.2, -0.15) is 0 Å². The van der Waals surface area contributed by atoms with Crippen LogP contribution in [-0.4, -0.2) is 17.6 Å². The van der Waals surface area contributed by atoms with Gasteiger partial charge in [-0.15, -0.1) is 0 Å². The highest BCUT2D eigenvalue weighted by molar-refractivity contribution is 5.95. The first-order valence-electron chi connectivity index (χ1n) is 7.10. The molecule has 0 radical (unpaired) electrons. The highest BCUT2D eigenvalue weighted by atomic mass is 16.5. The standard InChI is InChI=1S/C19H17NO2/c1-20-16(13-15-8-4-6-10-18(15)20)12-11-14-7-3-5-9-17(14)19(21)22-2/h3-13H,1-2H3/b12-11-. The molecule has 0 bridgehead atoms. The molecule has 0 N–H and O–H groups in total. The van der Waals surface area contributed by atoms with Gasteiger partial charge in [0.25, 0.3) is 0 Å². The summed E-state index contributed by atoms with van der Waals surface area (Å²) in [5.41, 5.74) is 3.68. The molecule has 3 nitrogen and oxygen atoms in total. The van der Waals surface area contributed by atoms with Gasteiger partial charge in [0, 0.05) is 23.6 Å². The number of aryl methyl sites for hydroxylation is 1. The highest BCUT2D eigenvalue weighted by Gasteiger charge is 2.09. The predicted octanol–water partition coefficient (Wildman–Crippen LogP) is 4.14. The summed E-state index contributed by atoms with van der Waals surface area (Å²) in [6, 6.07) is 17.8. The molecule has 3 heteroatoms. The first-order valence-corrected chi connectivity index (χ1v) is 7.10. The van der Waals surface area contributed by atoms with Crippen molar-refractivity contribution in [2.75, 3.05) is 7.11 Å². The zero-order valence-electron chi connectivity index (χ0n) is 12.6. The fourth-order valence-electron chi connectivity index (χ4n) is 2.58. The van der Waals surface area contributed by atoms with Crippen LogP contribution in [0.15, 0.2) is 54.6 Å². The van der Waals surface area contributed by atoms with E-state index in [4.69, 9.17) is 4.74 Å². The third kappa shape index (κ3) is 2.53. The molecular weight excluding hydrogens is 274 g/mol. The van der Waals surface area contributed by atoms with Crippen molar-refractivity contribution in [3.8, 4) is 0 Å². The molecule has 3 rings (SSSR count). The maximum absolute atomic E-state index is 11.8. The average Bonchev–Trinajstić information content (AvgIpc) is 2.89. The Bertz CT molecular complexity index is 859. The lowest BCUT2D eigenvalue weighted by atomic mass is 10.1. The third-order valence-electron chi connectivity index (χ3n) is 3.79. The Kier molecular flexibility index (Phi) is 3.79. The van der Waals surface area contributed by atoms with Crippen molar-refractivity contribution in [3.05, 3.63) is 71.4 Å². The minimum atomic E-state index is -0.322. The van der Waals surface area contributed by atoms with Crippen LogP contribution in [0.4, 0.5) is 0 Å². The highest BCUT2D eigenvalue weighted by Crippen LogP contribution is 2.21. The second-order valence-corrected chi connectivity index (χ2v) is 5.10. The van der Waals surface area contributed by atoms with E-state index in [9.17, 15) is 4.79 Å². The van der Waals surface area contributed by atoms with Gasteiger partial charge in [0.1, 0.15) is 0 Å². The largest absolute Gasteiger partial charge is 0.465 e. The number of benzene rings is 2. The summed E-state index contributed by atoms with van der Waals surface area (Å²) in [6.45, 7) is 0. The van der Waals surface area contributed by atoms with Gasteiger partial charge in [0.15, 0.2) is 0 Å². The van der Waals surface area contributed by atoms with Crippen LogP contribution in [0.5, 0.6) is 0 Å². The van der Waals surface area contributed by atoms with Gasteiger partial charge < -0.3 is 9.30 Å². The molecule has 0 unspecified atom stereocenters. The Morgan fingerprint density at radius 2 is 1.77 bits per heavy atom. The number of nitrogens with zero attached hydrogens (tertiary/aromatic N) is 1. The summed E-state index contributed by atoms with van der Waals surface area (Å²) in [5.74, 6) is -0.322. The summed E-state index contributed by atoms with van der Waals surface area (Å²) in [5, 5.41) is 1.20. The monoisotopic (exact) mass is 291 g/mol. The summed E-state index contributed by atoms with van der Waals surface area (Å²) < 4.78 is 6.95. The van der Waals surface area contributed by atoms with E-state index in [-0.39, 0.29) is 5.97 Å². The van der Waals surface area contributed by atoms with Crippen molar-refractivity contribution in [1.82, 2.24) is 4.57 Å². The molecule has 1 aromatic heterocycles. The number of hydrogen-bond acceptors (Lipinski definition) is 2. The lowest BCUT2D eigenvalue weighted by Gasteiger charge is -2.03. The molecule has 0 saturated carbocycles. The van der Waals surface area contributed by atoms with Gasteiger partial charge in [-0.3, -0.25) is 0 Å². The summed E-state index contributed by atoms with van der Waals surface area (Å²) in [7, 11) is 3.43. The van der Waals surface area contributed by atoms with Crippen LogP contribution in [-0.2, 0) is 11.8 Å². The fraction of sp³-hybridized carbons (Fsp3) is 0.105. The zero-order valence-corrected chi connectivity index (χ0v) is 12.6. The van der Waals surface area contributed by atoms with Crippen molar-refractivity contribution in [2.45, 2.75) is 0 Å². The molecule has 2 aromatic carbocycles. The third-order valence-corrected chi connectivity index (χ3v) is 3.79. The summed E-state index contributed by atoms with van der Waals surface area (Å²) in [6.07, 6.45) is 3.96. The number of esters is 1. The second-order valence-electron chi connectivity index (χ2n) is 5.10. The van der Waals surface area contributed by atoms with Crippen LogP contribution < -0.4 is 0 Å². The molecule has 0 atom stereocenters. The van der Waals surface area contributed by atoms with Crippen molar-refractivity contribution in [2.24, 2.45) is 7.05 Å². The second kappa shape index (κ2) is 5.90. The van der Waals surface area contributed by atoms with E-state index in [0.29, 0.717) is 5.56 Å². The molecule has 1 heterocycles. The minimum Gasteiger partial charge on any atom is -0.465 e. The van der Waals surface area contributed by atoms with Gasteiger partial charge >= 0.3 is 5.97 Å². The van der Waals surface area contributed by atoms with Crippen molar-refractivity contribution in [1.29, 1.82) is 0 Å². The molecular formula is C19H17NO2. The first kappa shape index (κ1) is 14.1. The van der Waals surface area contributed by atoms with Crippen LogP contribution in [0.1, 0.15) is 21.6 Å². The van der Waals surface area contributed by atoms with Gasteiger partial charge in [-0.1, -0.05) is 42.5 Å². The van der Waals surface area contributed by atoms with Gasteiger partial charge in [0.05, 0.1) is 12.7 Å². The van der Waals surface area contributed by atoms with E-state index in [1.165, 1.54) is 18.0 Å². The Morgan fingerprint density at radius 1 is 1.05 bits per heavy atom. The molecule has 110 valence electrons. The van der Waals surface area contributed by atoms with Crippen molar-refractivity contribution in [3.63, 3.8) is 0 Å². The number of hydrogen-bond donors (Lipinski definition) is 0. The van der Waals surface area contributed by atoms with Gasteiger partial charge in [-0.25, -0.2) is 4.79 Å². The number of carbonyl (C=O) groups excluding carboxylic acids is 1. The van der Waals surface area contributed by atoms with E-state index in [0.717, 1.165) is 11.3 Å². The summed E-state index contributed by atoms with van der Waals surface area (Å²) >= 11 is 0. The number of ether oxygens (including phenoxy) is 1. The number of fused-ring (bicyclic) bond motifs is 1. The molecule has 0 fully saturated rings. The molecule has 0 aliphatic carbocycles. The van der Waals surface area contributed by atoms with Crippen molar-refractivity contribution < 1.29 is 9.53 Å². The molecule has 0 aliphatic heterocycles. The number of methoxy groups -OCH3 is 1. The zero-order chi connectivity index (χ0) is 15.5. The van der Waals surface area contributed by atoms with Crippen LogP contribution in [0.25, 0.3) is 23.1 Å². The molecule has 0 aliphatic rings. The minimum absolute atomic E-state index is 0.322. The molecule has 22 heavy (non-hydrogen) atoms. The Morgan fingerprint density at radius 3 is 2.55 bits per heavy atom. The lowest BCUT2D eigenvalue weighted by molar-refractivity contribution is 0.0600. The summed E-state index contributed by atoms with van der Waals surface area (Å²) in [4.78, 5) is 11.8. The van der Waals surface area contributed by atoms with E-state index in [1.807, 2.05) is 49.5 Å². The normalized spacial score (nSPS) is 11.2. The Hall–Kier alpha value is -2.81. The molecule has 3 aromatic rings. The average molecular weight is 291 g/mol. The quantitative estimate of drug-likeness (QED) is 0.679. The van der Waals surface area contributed by atoms with Crippen LogP contribution in [0.3, 0.4) is 0 Å². The maximum Gasteiger partial charge on any atom is 0.338 e.